The molecule has 0 radical (unpaired) electrons. The third-order valence-corrected chi connectivity index (χ3v) is 24.4. The molecule has 0 aromatic heterocycles. The molecule has 7 heterocycles. The van der Waals surface area contributed by atoms with E-state index in [1.165, 1.54) is 0 Å². The zero-order chi connectivity index (χ0) is 74.0. The summed E-state index contributed by atoms with van der Waals surface area (Å²) in [5, 5.41) is 248. The van der Waals surface area contributed by atoms with Gasteiger partial charge < -0.3 is 179 Å². The highest BCUT2D eigenvalue weighted by Gasteiger charge is 2.66. The number of carbonyl (C=O) groups is 1. The van der Waals surface area contributed by atoms with Crippen LogP contribution in [0.2, 0.25) is 0 Å². The third kappa shape index (κ3) is 15.6. The molecule has 0 aromatic rings. The lowest BCUT2D eigenvalue weighted by molar-refractivity contribution is -0.392. The molecule has 0 aromatic carbocycles. The molecule has 0 spiro atoms. The summed E-state index contributed by atoms with van der Waals surface area (Å²) in [5.74, 6) is -1.71. The molecule has 10 rings (SSSR count). The number of carbonyl (C=O) groups excluding carboxylic acids is 1. The molecule has 3 saturated carbocycles. The van der Waals surface area contributed by atoms with Crippen molar-refractivity contribution in [2.75, 3.05) is 46.2 Å². The van der Waals surface area contributed by atoms with Crippen LogP contribution in [0.4, 0.5) is 0 Å². The number of allylic oxidation sites excluding steroid dienone is 1. The molecule has 0 amide bonds. The number of aliphatic hydroxyl groups is 23. The fourth-order valence-corrected chi connectivity index (χ4v) is 17.9. The van der Waals surface area contributed by atoms with Gasteiger partial charge in [-0.2, -0.15) is 0 Å². The topological polar surface area (TPSA) is 602 Å². The number of fused-ring (bicyclic) bond motifs is 3. The number of hydrogen-bond donors (Lipinski definition) is 23. The summed E-state index contributed by atoms with van der Waals surface area (Å²) < 4.78 is 78.6. The Hall–Kier alpha value is -1.76. The first-order valence-corrected chi connectivity index (χ1v) is 34.9. The highest BCUT2D eigenvalue weighted by Crippen LogP contribution is 2.69. The Balaban J connectivity index is 0.957. The second kappa shape index (κ2) is 32.8. The molecule has 42 atom stereocenters. The highest BCUT2D eigenvalue weighted by molar-refractivity contribution is 7.19. The van der Waals surface area contributed by atoms with Crippen LogP contribution in [0.15, 0.2) is 12.2 Å². The van der Waals surface area contributed by atoms with Crippen LogP contribution >= 0.6 is 9.24 Å². The Morgan fingerprint density at radius 3 is 1.20 bits per heavy atom. The van der Waals surface area contributed by atoms with Gasteiger partial charge in [0.2, 0.25) is 6.29 Å². The van der Waals surface area contributed by atoms with Crippen LogP contribution in [-0.2, 0) is 66.4 Å². The van der Waals surface area contributed by atoms with Gasteiger partial charge in [0.25, 0.3) is 0 Å². The summed E-state index contributed by atoms with van der Waals surface area (Å²) in [6.07, 6.45) is -62.7. The van der Waals surface area contributed by atoms with Gasteiger partial charge in [0, 0.05) is 5.16 Å². The summed E-state index contributed by atoms with van der Waals surface area (Å²) in [6, 6.07) is 0. The van der Waals surface area contributed by atoms with Gasteiger partial charge in [-0.25, -0.2) is 0 Å². The second-order valence-corrected chi connectivity index (χ2v) is 30.9. The maximum atomic E-state index is 15.8. The molecule has 7 aliphatic heterocycles. The molecule has 3 aliphatic carbocycles. The predicted octanol–water partition coefficient (Wildman–Crippen LogP) is -10.7. The molecule has 38 unspecified atom stereocenters. The van der Waals surface area contributed by atoms with Crippen molar-refractivity contribution in [1.82, 2.24) is 0 Å². The normalized spacial score (nSPS) is 53.7. The first-order valence-electron chi connectivity index (χ1n) is 34.3. The van der Waals surface area contributed by atoms with Crippen LogP contribution < -0.4 is 0 Å². The van der Waals surface area contributed by atoms with E-state index in [0.29, 0.717) is 50.5 Å². The summed E-state index contributed by atoms with van der Waals surface area (Å²) in [6.45, 7) is 4.28. The second-order valence-electron chi connectivity index (χ2n) is 29.8. The van der Waals surface area contributed by atoms with Gasteiger partial charge in [0.05, 0.1) is 57.8 Å². The van der Waals surface area contributed by atoms with E-state index in [-0.39, 0.29) is 18.8 Å². The van der Waals surface area contributed by atoms with Crippen molar-refractivity contribution in [3.05, 3.63) is 12.2 Å². The SMILES string of the molecule is C=C1C[C@@]2(C)CCC3[C@](C)(C(=O)OC4OC(COC5OC(CO)C(O)C(O)C5O)C(O)C(OC5OC(CO)C(O)C(O)C5O)C4OC4OC(CO)C(O)C(O)C4O)CCC[C@@]3(C)[C@@H]2CCC1(P)CC1OC(CO)C(O)C(OC2OC(CO)C(O)C(O)C2O)C1OC1OC(CO)C(O)C(O)C1O. The quantitative estimate of drug-likeness (QED) is 0.0288. The Morgan fingerprint density at radius 1 is 0.406 bits per heavy atom. The molecule has 23 N–H and O–H groups in total. The molecule has 10 aliphatic rings. The lowest BCUT2D eigenvalue weighted by Gasteiger charge is -2.62. The van der Waals surface area contributed by atoms with E-state index < -0.39 is 294 Å². The molecule has 584 valence electrons. The van der Waals surface area contributed by atoms with Crippen LogP contribution in [0.25, 0.3) is 0 Å². The molecule has 37 nitrogen and oxygen atoms in total. The Bertz CT molecular complexity index is 2710. The Kier molecular flexibility index (Phi) is 26.6. The first kappa shape index (κ1) is 81.8. The molecular formula is C63H105O37P. The largest absolute Gasteiger partial charge is 0.432 e. The summed E-state index contributed by atoms with van der Waals surface area (Å²) in [4.78, 5) is 15.8. The van der Waals surface area contributed by atoms with E-state index in [0.717, 1.165) is 0 Å². The molecule has 38 heteroatoms. The van der Waals surface area contributed by atoms with Gasteiger partial charge in [-0.05, 0) is 81.0 Å². The van der Waals surface area contributed by atoms with Crippen molar-refractivity contribution in [3.8, 4) is 0 Å². The van der Waals surface area contributed by atoms with Crippen LogP contribution in [-0.4, -0.2) is 390 Å². The van der Waals surface area contributed by atoms with Crippen molar-refractivity contribution in [1.29, 1.82) is 0 Å². The van der Waals surface area contributed by atoms with Crippen molar-refractivity contribution in [3.63, 3.8) is 0 Å². The van der Waals surface area contributed by atoms with Gasteiger partial charge in [0.1, 0.15) is 165 Å². The molecule has 10 fully saturated rings. The van der Waals surface area contributed by atoms with Crippen LogP contribution in [0, 0.1) is 28.1 Å². The number of hydrogen-bond acceptors (Lipinski definition) is 37. The van der Waals surface area contributed by atoms with Gasteiger partial charge in [-0.1, -0.05) is 32.4 Å². The van der Waals surface area contributed by atoms with Gasteiger partial charge in [0.15, 0.2) is 37.6 Å². The summed E-state index contributed by atoms with van der Waals surface area (Å²) in [7, 11) is 2.86. The molecule has 7 saturated heterocycles. The Morgan fingerprint density at radius 2 is 0.762 bits per heavy atom. The van der Waals surface area contributed by atoms with Gasteiger partial charge in [-0.3, -0.25) is 4.79 Å². The molecule has 0 bridgehead atoms. The maximum Gasteiger partial charge on any atom is 0.314 e. The number of esters is 1. The van der Waals surface area contributed by atoms with Crippen LogP contribution in [0.1, 0.15) is 78.6 Å². The zero-order valence-corrected chi connectivity index (χ0v) is 57.1. The fourth-order valence-electron chi connectivity index (χ4n) is 17.4. The minimum Gasteiger partial charge on any atom is -0.432 e. The van der Waals surface area contributed by atoms with E-state index in [1.54, 1.807) is 6.92 Å². The first-order chi connectivity index (χ1) is 47.6. The van der Waals surface area contributed by atoms with Crippen LogP contribution in [0.5, 0.6) is 0 Å². The average Bonchev–Trinajstić information content (AvgIpc) is 1.59. The Labute approximate surface area is 582 Å². The van der Waals surface area contributed by atoms with E-state index in [1.807, 2.05) is 0 Å². The van der Waals surface area contributed by atoms with Gasteiger partial charge >= 0.3 is 5.97 Å². The zero-order valence-electron chi connectivity index (χ0n) is 56.0. The van der Waals surface area contributed by atoms with Crippen molar-refractivity contribution >= 4 is 15.2 Å². The highest BCUT2D eigenvalue weighted by atomic mass is 31.0. The van der Waals surface area contributed by atoms with Crippen molar-refractivity contribution < 1.29 is 184 Å². The third-order valence-electron chi connectivity index (χ3n) is 23.5. The van der Waals surface area contributed by atoms with Crippen LogP contribution in [0.3, 0.4) is 0 Å². The fraction of sp³-hybridized carbons (Fsp3) is 0.952. The monoisotopic (exact) mass is 1480 g/mol. The minimum atomic E-state index is -2.17. The lowest BCUT2D eigenvalue weighted by atomic mass is 9.42. The smallest absolute Gasteiger partial charge is 0.314 e. The number of rotatable bonds is 21. The standard InChI is InChI=1S/C63H105O37P/c1-21-12-60(2)10-6-31-61(3,30(60)7-11-63(21,101)13-22-49(96-54-45(83)40(78)33(71)24(15-65)91-54)50(37(75)28(19-69)89-22)97-55-46(84)41(79)34(72)25(16-66)92-55)8-5-9-62(31,4)59(87)100-58-52(99-57-48(86)43(81)36(74)27(18-68)94-57)51(98-56-47(85)42(80)35(73)26(17-67)93-56)38(76)29(95-58)20-88-53-44(82)39(77)32(70)23(14-64)90-53/h22-58,64-86H,1,5-20,101H2,2-4H3/t22?,23?,24?,25?,26?,27?,28?,29?,30-,31?,32?,33?,34?,35?,36?,37?,38?,39?,40?,41?,42?,43?,44?,45?,46?,47?,48?,49?,50?,51?,52?,53?,54?,55?,56?,57?,58?,60-,61+,62-,63?/m1/s1. The van der Waals surface area contributed by atoms with E-state index in [2.05, 4.69) is 29.7 Å². The van der Waals surface area contributed by atoms with E-state index >= 15 is 4.79 Å². The maximum absolute atomic E-state index is 15.8. The number of aliphatic hydroxyl groups excluding tert-OH is 23. The summed E-state index contributed by atoms with van der Waals surface area (Å²) >= 11 is 0. The lowest BCUT2D eigenvalue weighted by Crippen LogP contribution is -2.68. The predicted molar refractivity (Wildman–Crippen MR) is 331 cm³/mol. The van der Waals surface area contributed by atoms with Crippen molar-refractivity contribution in [2.24, 2.45) is 28.1 Å². The molecule has 101 heavy (non-hydrogen) atoms. The average molecular weight is 1490 g/mol. The van der Waals surface area contributed by atoms with Crippen molar-refractivity contribution in [2.45, 2.75) is 298 Å². The van der Waals surface area contributed by atoms with E-state index in [4.69, 9.17) is 61.6 Å². The number of ether oxygens (including phenoxy) is 13. The van der Waals surface area contributed by atoms with E-state index in [9.17, 15) is 117 Å². The van der Waals surface area contributed by atoms with Gasteiger partial charge in [-0.15, -0.1) is 9.24 Å². The minimum absolute atomic E-state index is 0.0958. The summed E-state index contributed by atoms with van der Waals surface area (Å²) in [5.41, 5.74) is -2.10. The molecular weight excluding hydrogens is 1380 g/mol.